The summed E-state index contributed by atoms with van der Waals surface area (Å²) < 4.78 is 43.7. The van der Waals surface area contributed by atoms with Crippen molar-refractivity contribution in [1.82, 2.24) is 10.6 Å². The SMILES string of the molecule is CCCC(NC(=O)C(F)(F)F)NC1CCCc2cc3c(cc21)N=C(N)C(C)O3. The van der Waals surface area contributed by atoms with Crippen LogP contribution >= 0.6 is 0 Å². The number of nitrogens with two attached hydrogens (primary N) is 1. The second-order valence-corrected chi connectivity index (χ2v) is 7.24. The molecule has 0 saturated carbocycles. The zero-order valence-corrected chi connectivity index (χ0v) is 15.9. The van der Waals surface area contributed by atoms with Crippen LogP contribution in [0.1, 0.15) is 56.7 Å². The highest BCUT2D eigenvalue weighted by Gasteiger charge is 2.40. The number of nitrogens with one attached hydrogen (secondary N) is 2. The number of hydrogen-bond acceptors (Lipinski definition) is 5. The lowest BCUT2D eigenvalue weighted by Crippen LogP contribution is -2.51. The van der Waals surface area contributed by atoms with Crippen LogP contribution in [0.25, 0.3) is 0 Å². The maximum absolute atomic E-state index is 12.6. The Morgan fingerprint density at radius 2 is 2.18 bits per heavy atom. The van der Waals surface area contributed by atoms with E-state index in [4.69, 9.17) is 10.5 Å². The van der Waals surface area contributed by atoms with Gasteiger partial charge in [-0.3, -0.25) is 10.1 Å². The third-order valence-corrected chi connectivity index (χ3v) is 5.05. The fourth-order valence-electron chi connectivity index (χ4n) is 3.62. The van der Waals surface area contributed by atoms with Crippen LogP contribution in [-0.2, 0) is 11.2 Å². The molecule has 2 aliphatic rings. The molecule has 154 valence electrons. The Balaban J connectivity index is 1.83. The van der Waals surface area contributed by atoms with Crippen LogP contribution in [0.4, 0.5) is 18.9 Å². The maximum atomic E-state index is 12.6. The van der Waals surface area contributed by atoms with Crippen molar-refractivity contribution in [3.05, 3.63) is 23.3 Å². The molecule has 1 aliphatic heterocycles. The van der Waals surface area contributed by atoms with E-state index in [9.17, 15) is 18.0 Å². The van der Waals surface area contributed by atoms with Gasteiger partial charge in [-0.1, -0.05) is 13.3 Å². The number of fused-ring (bicyclic) bond motifs is 2. The molecule has 3 atom stereocenters. The molecule has 1 aliphatic carbocycles. The molecule has 1 aromatic carbocycles. The molecule has 1 amide bonds. The monoisotopic (exact) mass is 398 g/mol. The van der Waals surface area contributed by atoms with Crippen LogP contribution in [0.3, 0.4) is 0 Å². The van der Waals surface area contributed by atoms with Crippen LogP contribution in [-0.4, -0.2) is 30.2 Å². The highest BCUT2D eigenvalue weighted by atomic mass is 19.4. The van der Waals surface area contributed by atoms with Crippen molar-refractivity contribution in [2.45, 2.75) is 70.4 Å². The molecule has 3 unspecified atom stereocenters. The number of rotatable bonds is 5. The van der Waals surface area contributed by atoms with E-state index in [2.05, 4.69) is 15.6 Å². The number of amidine groups is 1. The highest BCUT2D eigenvalue weighted by Crippen LogP contribution is 2.40. The Labute approximate surface area is 161 Å². The third kappa shape index (κ3) is 4.40. The molecule has 0 aromatic heterocycles. The van der Waals surface area contributed by atoms with Gasteiger partial charge >= 0.3 is 12.1 Å². The molecule has 0 bridgehead atoms. The van der Waals surface area contributed by atoms with E-state index in [0.29, 0.717) is 30.1 Å². The van der Waals surface area contributed by atoms with Crippen molar-refractivity contribution in [1.29, 1.82) is 0 Å². The summed E-state index contributed by atoms with van der Waals surface area (Å²) in [7, 11) is 0. The van der Waals surface area contributed by atoms with Gasteiger partial charge in [0.25, 0.3) is 0 Å². The Kier molecular flexibility index (Phi) is 5.83. The Morgan fingerprint density at radius 3 is 2.86 bits per heavy atom. The van der Waals surface area contributed by atoms with E-state index in [1.165, 1.54) is 0 Å². The predicted molar refractivity (Wildman–Crippen MR) is 99.5 cm³/mol. The summed E-state index contributed by atoms with van der Waals surface area (Å²) in [5.41, 5.74) is 8.53. The molecular weight excluding hydrogens is 373 g/mol. The van der Waals surface area contributed by atoms with Gasteiger partial charge in [-0.2, -0.15) is 13.2 Å². The molecule has 0 fully saturated rings. The molecule has 0 spiro atoms. The summed E-state index contributed by atoms with van der Waals surface area (Å²) in [6.07, 6.45) is -2.45. The molecule has 4 N–H and O–H groups in total. The maximum Gasteiger partial charge on any atom is 0.471 e. The molecule has 0 saturated heterocycles. The molecule has 28 heavy (non-hydrogen) atoms. The number of carbonyl (C=O) groups is 1. The zero-order chi connectivity index (χ0) is 20.5. The van der Waals surface area contributed by atoms with Gasteiger partial charge in [0.15, 0.2) is 6.10 Å². The summed E-state index contributed by atoms with van der Waals surface area (Å²) >= 11 is 0. The molecular formula is C19H25F3N4O2. The Morgan fingerprint density at radius 1 is 1.43 bits per heavy atom. The fraction of sp³-hybridized carbons (Fsp3) is 0.579. The lowest BCUT2D eigenvalue weighted by molar-refractivity contribution is -0.174. The summed E-state index contributed by atoms with van der Waals surface area (Å²) in [6, 6.07) is 3.64. The molecule has 1 aromatic rings. The van der Waals surface area contributed by atoms with Gasteiger partial charge in [0.05, 0.1) is 6.17 Å². The van der Waals surface area contributed by atoms with E-state index in [-0.39, 0.29) is 12.1 Å². The number of benzene rings is 1. The molecule has 3 rings (SSSR count). The van der Waals surface area contributed by atoms with Crippen molar-refractivity contribution < 1.29 is 22.7 Å². The molecule has 0 radical (unpaired) electrons. The first-order valence-corrected chi connectivity index (χ1v) is 9.50. The van der Waals surface area contributed by atoms with E-state index in [0.717, 1.165) is 30.4 Å². The van der Waals surface area contributed by atoms with Gasteiger partial charge in [0, 0.05) is 6.04 Å². The van der Waals surface area contributed by atoms with Crippen LogP contribution in [0, 0.1) is 0 Å². The summed E-state index contributed by atoms with van der Waals surface area (Å²) in [5, 5.41) is 5.25. The quantitative estimate of drug-likeness (QED) is 0.665. The summed E-state index contributed by atoms with van der Waals surface area (Å²) in [6.45, 7) is 3.68. The largest absolute Gasteiger partial charge is 0.481 e. The fourth-order valence-corrected chi connectivity index (χ4v) is 3.62. The second kappa shape index (κ2) is 7.98. The number of amides is 1. The van der Waals surface area contributed by atoms with Gasteiger partial charge in [0.1, 0.15) is 17.3 Å². The summed E-state index contributed by atoms with van der Waals surface area (Å²) in [5.74, 6) is -0.884. The number of carbonyl (C=O) groups excluding carboxylic acids is 1. The first-order chi connectivity index (χ1) is 13.2. The zero-order valence-electron chi connectivity index (χ0n) is 15.9. The van der Waals surface area contributed by atoms with Gasteiger partial charge in [0.2, 0.25) is 0 Å². The average Bonchev–Trinajstić information content (AvgIpc) is 2.61. The van der Waals surface area contributed by atoms with Crippen LogP contribution < -0.4 is 21.1 Å². The number of aliphatic imine (C=N–C) groups is 1. The van der Waals surface area contributed by atoms with Gasteiger partial charge < -0.3 is 15.8 Å². The average molecular weight is 398 g/mol. The van der Waals surface area contributed by atoms with E-state index < -0.39 is 18.2 Å². The minimum atomic E-state index is -4.91. The number of hydrogen-bond donors (Lipinski definition) is 3. The molecule has 1 heterocycles. The normalized spacial score (nSPS) is 22.4. The van der Waals surface area contributed by atoms with Crippen LogP contribution in [0.2, 0.25) is 0 Å². The standard InChI is InChI=1S/C19H25F3N4O2/c1-3-5-16(26-18(27)19(20,21)22)24-13-7-4-6-11-8-15-14(9-12(11)13)25-17(23)10(2)28-15/h8-10,13,16,24H,3-7H2,1-2H3,(H2,23,25)(H,26,27). The number of halogens is 3. The number of alkyl halides is 3. The highest BCUT2D eigenvalue weighted by molar-refractivity contribution is 5.90. The van der Waals surface area contributed by atoms with E-state index in [1.54, 1.807) is 0 Å². The third-order valence-electron chi connectivity index (χ3n) is 5.05. The van der Waals surface area contributed by atoms with E-state index >= 15 is 0 Å². The predicted octanol–water partition coefficient (Wildman–Crippen LogP) is 3.23. The van der Waals surface area contributed by atoms with Crippen LogP contribution in [0.5, 0.6) is 5.75 Å². The second-order valence-electron chi connectivity index (χ2n) is 7.24. The van der Waals surface area contributed by atoms with Crippen molar-refractivity contribution in [3.63, 3.8) is 0 Å². The van der Waals surface area contributed by atoms with Crippen LogP contribution in [0.15, 0.2) is 17.1 Å². The van der Waals surface area contributed by atoms with Crippen molar-refractivity contribution in [2.75, 3.05) is 0 Å². The number of ether oxygens (including phenoxy) is 1. The first-order valence-electron chi connectivity index (χ1n) is 9.50. The minimum absolute atomic E-state index is 0.185. The number of nitrogens with zero attached hydrogens (tertiary/aromatic N) is 1. The Hall–Kier alpha value is -2.29. The van der Waals surface area contributed by atoms with Crippen molar-refractivity contribution in [3.8, 4) is 5.75 Å². The summed E-state index contributed by atoms with van der Waals surface area (Å²) in [4.78, 5) is 15.8. The lowest BCUT2D eigenvalue weighted by Gasteiger charge is -2.32. The first kappa shape index (κ1) is 20.4. The number of aryl methyl sites for hydroxylation is 1. The van der Waals surface area contributed by atoms with Crippen molar-refractivity contribution in [2.24, 2.45) is 10.7 Å². The molecule has 6 nitrogen and oxygen atoms in total. The van der Waals surface area contributed by atoms with E-state index in [1.807, 2.05) is 26.0 Å². The topological polar surface area (TPSA) is 88.7 Å². The van der Waals surface area contributed by atoms with Crippen molar-refractivity contribution >= 4 is 17.4 Å². The minimum Gasteiger partial charge on any atom is -0.481 e. The van der Waals surface area contributed by atoms with Gasteiger partial charge in [-0.15, -0.1) is 0 Å². The van der Waals surface area contributed by atoms with Gasteiger partial charge in [-0.25, -0.2) is 4.99 Å². The Bertz CT molecular complexity index is 779. The molecule has 9 heteroatoms. The lowest BCUT2D eigenvalue weighted by atomic mass is 9.86. The van der Waals surface area contributed by atoms with Gasteiger partial charge in [-0.05, 0) is 55.9 Å². The smallest absolute Gasteiger partial charge is 0.471 e.